The van der Waals surface area contributed by atoms with Crippen molar-refractivity contribution in [3.8, 4) is 0 Å². The highest BCUT2D eigenvalue weighted by molar-refractivity contribution is 9.10. The van der Waals surface area contributed by atoms with E-state index in [-0.39, 0.29) is 10.9 Å². The van der Waals surface area contributed by atoms with Crippen molar-refractivity contribution in [1.29, 1.82) is 0 Å². The molecule has 0 fully saturated rings. The fourth-order valence-electron chi connectivity index (χ4n) is 2.07. The van der Waals surface area contributed by atoms with Crippen molar-refractivity contribution in [2.45, 2.75) is 24.3 Å². The van der Waals surface area contributed by atoms with Crippen LogP contribution in [0.2, 0.25) is 0 Å². The molecule has 3 N–H and O–H groups in total. The minimum absolute atomic E-state index is 0.114. The molecule has 0 bridgehead atoms. The van der Waals surface area contributed by atoms with Gasteiger partial charge in [-0.3, -0.25) is 0 Å². The van der Waals surface area contributed by atoms with Crippen LogP contribution in [0.5, 0.6) is 0 Å². The molecule has 2 aromatic rings. The van der Waals surface area contributed by atoms with Gasteiger partial charge in [0.2, 0.25) is 10.0 Å². The molecule has 0 saturated heterocycles. The second-order valence-electron chi connectivity index (χ2n) is 4.95. The van der Waals surface area contributed by atoms with Gasteiger partial charge >= 0.3 is 0 Å². The van der Waals surface area contributed by atoms with Crippen molar-refractivity contribution in [2.24, 2.45) is 5.14 Å². The SMILES string of the molecule is CC(Cc1ccc(Br)cc1)Nc1cccc(S(N)(=O)=O)c1. The van der Waals surface area contributed by atoms with Crippen molar-refractivity contribution >= 4 is 31.6 Å². The van der Waals surface area contributed by atoms with Gasteiger partial charge in [0.1, 0.15) is 0 Å². The largest absolute Gasteiger partial charge is 0.382 e. The lowest BCUT2D eigenvalue weighted by Gasteiger charge is -2.16. The van der Waals surface area contributed by atoms with Gasteiger partial charge in [-0.25, -0.2) is 13.6 Å². The Morgan fingerprint density at radius 3 is 2.48 bits per heavy atom. The maximum atomic E-state index is 11.3. The number of primary sulfonamides is 1. The third kappa shape index (κ3) is 4.84. The van der Waals surface area contributed by atoms with Gasteiger partial charge in [0.15, 0.2) is 0 Å². The standard InChI is InChI=1S/C15H17BrN2O2S/c1-11(9-12-5-7-13(16)8-6-12)18-14-3-2-4-15(10-14)21(17,19)20/h2-8,10-11,18H,9H2,1H3,(H2,17,19,20). The minimum atomic E-state index is -3.67. The highest BCUT2D eigenvalue weighted by Crippen LogP contribution is 2.17. The first-order chi connectivity index (χ1) is 9.84. The van der Waals surface area contributed by atoms with E-state index in [4.69, 9.17) is 5.14 Å². The summed E-state index contributed by atoms with van der Waals surface area (Å²) in [6.07, 6.45) is 0.840. The van der Waals surface area contributed by atoms with Crippen LogP contribution in [0.15, 0.2) is 57.9 Å². The van der Waals surface area contributed by atoms with E-state index in [1.54, 1.807) is 12.1 Å². The van der Waals surface area contributed by atoms with Crippen LogP contribution in [-0.2, 0) is 16.4 Å². The Morgan fingerprint density at radius 2 is 1.86 bits per heavy atom. The van der Waals surface area contributed by atoms with Gasteiger partial charge in [0.05, 0.1) is 4.90 Å². The predicted molar refractivity (Wildman–Crippen MR) is 88.7 cm³/mol. The molecule has 0 aliphatic carbocycles. The zero-order valence-corrected chi connectivity index (χ0v) is 14.0. The zero-order valence-electron chi connectivity index (χ0n) is 11.6. The highest BCUT2D eigenvalue weighted by atomic mass is 79.9. The summed E-state index contributed by atoms with van der Waals surface area (Å²) in [7, 11) is -3.67. The normalized spacial score (nSPS) is 12.9. The predicted octanol–water partition coefficient (Wildman–Crippen LogP) is 3.14. The molecule has 0 aromatic heterocycles. The number of halogens is 1. The molecule has 2 aromatic carbocycles. The quantitative estimate of drug-likeness (QED) is 0.851. The van der Waals surface area contributed by atoms with Crippen LogP contribution in [0.1, 0.15) is 12.5 Å². The van der Waals surface area contributed by atoms with Crippen molar-refractivity contribution in [2.75, 3.05) is 5.32 Å². The van der Waals surface area contributed by atoms with E-state index in [2.05, 4.69) is 33.4 Å². The molecule has 21 heavy (non-hydrogen) atoms. The van der Waals surface area contributed by atoms with Crippen LogP contribution in [-0.4, -0.2) is 14.5 Å². The summed E-state index contributed by atoms with van der Waals surface area (Å²) < 4.78 is 23.7. The monoisotopic (exact) mass is 368 g/mol. The molecule has 6 heteroatoms. The molecule has 0 amide bonds. The summed E-state index contributed by atoms with van der Waals surface area (Å²) in [5.74, 6) is 0. The number of nitrogens with two attached hydrogens (primary N) is 1. The minimum Gasteiger partial charge on any atom is -0.382 e. The van der Waals surface area contributed by atoms with E-state index in [0.717, 1.165) is 16.6 Å². The number of hydrogen-bond acceptors (Lipinski definition) is 3. The fourth-order valence-corrected chi connectivity index (χ4v) is 2.90. The maximum Gasteiger partial charge on any atom is 0.238 e. The van der Waals surface area contributed by atoms with Gasteiger partial charge in [-0.2, -0.15) is 0 Å². The van der Waals surface area contributed by atoms with E-state index in [9.17, 15) is 8.42 Å². The molecule has 0 radical (unpaired) electrons. The third-order valence-corrected chi connectivity index (χ3v) is 4.47. The summed E-state index contributed by atoms with van der Waals surface area (Å²) in [5.41, 5.74) is 1.95. The molecule has 0 saturated carbocycles. The second kappa shape index (κ2) is 6.60. The first-order valence-electron chi connectivity index (χ1n) is 6.48. The molecular formula is C15H17BrN2O2S. The van der Waals surface area contributed by atoms with Crippen molar-refractivity contribution < 1.29 is 8.42 Å². The molecule has 0 heterocycles. The zero-order chi connectivity index (χ0) is 15.5. The van der Waals surface area contributed by atoms with Crippen LogP contribution < -0.4 is 10.5 Å². The first-order valence-corrected chi connectivity index (χ1v) is 8.82. The Kier molecular flexibility index (Phi) is 5.03. The third-order valence-electron chi connectivity index (χ3n) is 3.03. The lowest BCUT2D eigenvalue weighted by Crippen LogP contribution is -2.19. The van der Waals surface area contributed by atoms with Crippen LogP contribution >= 0.6 is 15.9 Å². The Bertz CT molecular complexity index is 715. The molecular weight excluding hydrogens is 352 g/mol. The maximum absolute atomic E-state index is 11.3. The molecule has 4 nitrogen and oxygen atoms in total. The smallest absolute Gasteiger partial charge is 0.238 e. The van der Waals surface area contributed by atoms with E-state index < -0.39 is 10.0 Å². The van der Waals surface area contributed by atoms with Gasteiger partial charge in [0, 0.05) is 16.2 Å². The van der Waals surface area contributed by atoms with Crippen LogP contribution in [0.3, 0.4) is 0 Å². The average Bonchev–Trinajstić information content (AvgIpc) is 2.41. The summed E-state index contributed by atoms with van der Waals surface area (Å²) in [6, 6.07) is 14.8. The Balaban J connectivity index is 2.06. The van der Waals surface area contributed by atoms with Crippen LogP contribution in [0.25, 0.3) is 0 Å². The topological polar surface area (TPSA) is 72.2 Å². The fraction of sp³-hybridized carbons (Fsp3) is 0.200. The summed E-state index contributed by atoms with van der Waals surface area (Å²) in [5, 5.41) is 8.42. The molecule has 112 valence electrons. The van der Waals surface area contributed by atoms with Gasteiger partial charge in [0.25, 0.3) is 0 Å². The molecule has 2 rings (SSSR count). The molecule has 0 aliphatic rings. The summed E-state index contributed by atoms with van der Waals surface area (Å²) in [4.78, 5) is 0.114. The lowest BCUT2D eigenvalue weighted by atomic mass is 10.1. The van der Waals surface area contributed by atoms with Crippen molar-refractivity contribution in [3.05, 3.63) is 58.6 Å². The van der Waals surface area contributed by atoms with Crippen LogP contribution in [0, 0.1) is 0 Å². The van der Waals surface area contributed by atoms with Crippen molar-refractivity contribution in [3.63, 3.8) is 0 Å². The lowest BCUT2D eigenvalue weighted by molar-refractivity contribution is 0.598. The Labute approximate surface area is 133 Å². The van der Waals surface area contributed by atoms with Crippen LogP contribution in [0.4, 0.5) is 5.69 Å². The molecule has 1 atom stereocenters. The number of sulfonamides is 1. The van der Waals surface area contributed by atoms with Crippen molar-refractivity contribution in [1.82, 2.24) is 0 Å². The number of rotatable bonds is 5. The number of anilines is 1. The Hall–Kier alpha value is -1.37. The molecule has 0 aliphatic heterocycles. The van der Waals surface area contributed by atoms with Gasteiger partial charge in [-0.1, -0.05) is 34.1 Å². The number of nitrogens with one attached hydrogen (secondary N) is 1. The summed E-state index contributed by atoms with van der Waals surface area (Å²) in [6.45, 7) is 2.05. The molecule has 1 unspecified atom stereocenters. The van der Waals surface area contributed by atoms with E-state index in [1.807, 2.05) is 25.1 Å². The first kappa shape index (κ1) is 16.0. The van der Waals surface area contributed by atoms with Gasteiger partial charge < -0.3 is 5.32 Å². The van der Waals surface area contributed by atoms with E-state index in [1.165, 1.54) is 11.6 Å². The van der Waals surface area contributed by atoms with Gasteiger partial charge in [-0.05, 0) is 49.2 Å². The number of hydrogen-bond donors (Lipinski definition) is 2. The molecule has 0 spiro atoms. The number of benzene rings is 2. The average molecular weight is 369 g/mol. The highest BCUT2D eigenvalue weighted by Gasteiger charge is 2.09. The Morgan fingerprint density at radius 1 is 1.19 bits per heavy atom. The second-order valence-corrected chi connectivity index (χ2v) is 7.43. The van der Waals surface area contributed by atoms with E-state index >= 15 is 0 Å². The van der Waals surface area contributed by atoms with E-state index in [0.29, 0.717) is 0 Å². The summed E-state index contributed by atoms with van der Waals surface area (Å²) >= 11 is 3.41. The van der Waals surface area contributed by atoms with Gasteiger partial charge in [-0.15, -0.1) is 0 Å².